The number of hydrogen-bond acceptors (Lipinski definition) is 6. The second-order valence-electron chi connectivity index (χ2n) is 6.88. The molecule has 1 aliphatic rings. The summed E-state index contributed by atoms with van der Waals surface area (Å²) in [5.74, 6) is -0.337. The van der Waals surface area contributed by atoms with Gasteiger partial charge in [0.2, 0.25) is 0 Å². The quantitative estimate of drug-likeness (QED) is 0.817. The Hall–Kier alpha value is -2.06. The maximum Gasteiger partial charge on any atom is 0.303 e. The molecule has 1 aliphatic heterocycles. The fraction of sp³-hybridized carbons (Fsp3) is 0.647. The smallest absolute Gasteiger partial charge is 0.303 e. The van der Waals surface area contributed by atoms with Gasteiger partial charge in [0.1, 0.15) is 18.1 Å². The summed E-state index contributed by atoms with van der Waals surface area (Å²) in [7, 11) is 2.01. The van der Waals surface area contributed by atoms with Crippen molar-refractivity contribution >= 4 is 17.1 Å². The molecule has 2 aromatic rings. The number of fused-ring (bicyclic) bond motifs is 1. The van der Waals surface area contributed by atoms with Crippen molar-refractivity contribution in [2.45, 2.75) is 45.4 Å². The predicted molar refractivity (Wildman–Crippen MR) is 92.1 cm³/mol. The molecule has 0 bridgehead atoms. The zero-order chi connectivity index (χ0) is 18.0. The monoisotopic (exact) mass is 347 g/mol. The summed E-state index contributed by atoms with van der Waals surface area (Å²) in [4.78, 5) is 25.7. The van der Waals surface area contributed by atoms with Crippen LogP contribution >= 0.6 is 0 Å². The van der Waals surface area contributed by atoms with Crippen molar-refractivity contribution in [1.82, 2.24) is 24.4 Å². The molecule has 8 heteroatoms. The number of hydrogen-bond donors (Lipinski definition) is 1. The van der Waals surface area contributed by atoms with Gasteiger partial charge in [-0.05, 0) is 39.3 Å². The van der Waals surface area contributed by atoms with Gasteiger partial charge in [-0.15, -0.1) is 0 Å². The highest BCUT2D eigenvalue weighted by Crippen LogP contribution is 2.35. The predicted octanol–water partition coefficient (Wildman–Crippen LogP) is 1.85. The van der Waals surface area contributed by atoms with E-state index >= 15 is 0 Å². The van der Waals surface area contributed by atoms with E-state index in [9.17, 15) is 4.79 Å². The average Bonchev–Trinajstić information content (AvgIpc) is 3.12. The summed E-state index contributed by atoms with van der Waals surface area (Å²) in [6, 6.07) is 0. The zero-order valence-corrected chi connectivity index (χ0v) is 14.9. The third-order valence-electron chi connectivity index (χ3n) is 4.81. The Labute approximate surface area is 146 Å². The van der Waals surface area contributed by atoms with E-state index in [1.54, 1.807) is 12.7 Å². The number of carbonyl (C=O) groups is 1. The normalized spacial score (nSPS) is 23.6. The molecule has 136 valence electrons. The lowest BCUT2D eigenvalue weighted by atomic mass is 10.0. The highest BCUT2D eigenvalue weighted by molar-refractivity contribution is 5.72. The molecule has 2 aromatic heterocycles. The third kappa shape index (κ3) is 3.96. The van der Waals surface area contributed by atoms with Crippen molar-refractivity contribution in [3.05, 3.63) is 18.3 Å². The lowest BCUT2D eigenvalue weighted by molar-refractivity contribution is -0.137. The molecule has 3 heterocycles. The van der Waals surface area contributed by atoms with Gasteiger partial charge < -0.3 is 14.7 Å². The zero-order valence-electron chi connectivity index (χ0n) is 14.9. The number of ether oxygens (including phenoxy) is 1. The Morgan fingerprint density at radius 3 is 3.00 bits per heavy atom. The molecule has 1 N–H and O–H groups in total. The molecule has 1 saturated heterocycles. The summed E-state index contributed by atoms with van der Waals surface area (Å²) in [6.45, 7) is 5.66. The van der Waals surface area contributed by atoms with Gasteiger partial charge in [0.15, 0.2) is 5.65 Å². The van der Waals surface area contributed by atoms with E-state index in [0.29, 0.717) is 12.3 Å². The van der Waals surface area contributed by atoms with Gasteiger partial charge in [-0.3, -0.25) is 9.36 Å². The minimum absolute atomic E-state index is 0.0771. The molecular weight excluding hydrogens is 322 g/mol. The van der Waals surface area contributed by atoms with E-state index in [1.165, 1.54) is 0 Å². The number of rotatable bonds is 7. The lowest BCUT2D eigenvalue weighted by Gasteiger charge is -2.23. The molecule has 0 amide bonds. The van der Waals surface area contributed by atoms with Gasteiger partial charge in [-0.25, -0.2) is 15.0 Å². The SMILES string of the molecule is Cc1ncnc2c1ncn2[C@H]1CC(C)[C@@H](CN(C)CCCC(=O)O)O1. The number of carboxylic acids is 1. The minimum atomic E-state index is -0.747. The van der Waals surface area contributed by atoms with E-state index in [2.05, 4.69) is 26.8 Å². The van der Waals surface area contributed by atoms with Crippen molar-refractivity contribution in [2.75, 3.05) is 20.1 Å². The maximum atomic E-state index is 10.6. The first-order valence-corrected chi connectivity index (χ1v) is 8.65. The largest absolute Gasteiger partial charge is 0.481 e. The third-order valence-corrected chi connectivity index (χ3v) is 4.81. The summed E-state index contributed by atoms with van der Waals surface area (Å²) < 4.78 is 8.26. The number of aliphatic carboxylic acids is 1. The molecule has 1 unspecified atom stereocenters. The summed E-state index contributed by atoms with van der Waals surface area (Å²) in [5, 5.41) is 8.74. The van der Waals surface area contributed by atoms with Crippen molar-refractivity contribution < 1.29 is 14.6 Å². The van der Waals surface area contributed by atoms with E-state index < -0.39 is 5.97 Å². The summed E-state index contributed by atoms with van der Waals surface area (Å²) in [6.07, 6.45) is 5.13. The molecule has 1 fully saturated rings. The van der Waals surface area contributed by atoms with Gasteiger partial charge in [0.25, 0.3) is 0 Å². The fourth-order valence-corrected chi connectivity index (χ4v) is 3.34. The van der Waals surface area contributed by atoms with Crippen molar-refractivity contribution in [3.8, 4) is 0 Å². The first-order chi connectivity index (χ1) is 12.0. The van der Waals surface area contributed by atoms with Crippen LogP contribution in [0.1, 0.15) is 38.1 Å². The highest BCUT2D eigenvalue weighted by Gasteiger charge is 2.34. The maximum absolute atomic E-state index is 10.6. The van der Waals surface area contributed by atoms with Crippen LogP contribution in [0.4, 0.5) is 0 Å². The Morgan fingerprint density at radius 2 is 2.24 bits per heavy atom. The summed E-state index contributed by atoms with van der Waals surface area (Å²) >= 11 is 0. The number of nitrogens with zero attached hydrogens (tertiary/aromatic N) is 5. The van der Waals surface area contributed by atoms with Crippen molar-refractivity contribution in [3.63, 3.8) is 0 Å². The number of aryl methyl sites for hydroxylation is 1. The van der Waals surface area contributed by atoms with Crippen molar-refractivity contribution in [2.24, 2.45) is 5.92 Å². The van der Waals surface area contributed by atoms with E-state index in [4.69, 9.17) is 9.84 Å². The molecule has 0 aromatic carbocycles. The Morgan fingerprint density at radius 1 is 1.44 bits per heavy atom. The molecule has 25 heavy (non-hydrogen) atoms. The first-order valence-electron chi connectivity index (χ1n) is 8.65. The lowest BCUT2D eigenvalue weighted by Crippen LogP contribution is -2.33. The van der Waals surface area contributed by atoms with Crippen LogP contribution < -0.4 is 0 Å². The van der Waals surface area contributed by atoms with Gasteiger partial charge in [0.05, 0.1) is 18.1 Å². The van der Waals surface area contributed by atoms with Gasteiger partial charge in [-0.2, -0.15) is 0 Å². The second kappa shape index (κ2) is 7.45. The fourth-order valence-electron chi connectivity index (χ4n) is 3.34. The van der Waals surface area contributed by atoms with Crippen LogP contribution in [0.25, 0.3) is 11.2 Å². The minimum Gasteiger partial charge on any atom is -0.481 e. The number of imidazole rings is 1. The van der Waals surface area contributed by atoms with Crippen LogP contribution in [0.2, 0.25) is 0 Å². The molecule has 3 atom stereocenters. The number of carboxylic acid groups (broad SMARTS) is 1. The van der Waals surface area contributed by atoms with Crippen LogP contribution in [-0.4, -0.2) is 61.7 Å². The molecule has 3 rings (SSSR count). The molecule has 0 aliphatic carbocycles. The standard InChI is InChI=1S/C17H25N5O3/c1-11-7-14(22-10-20-16-12(2)18-9-19-17(16)22)25-13(11)8-21(3)6-4-5-15(23)24/h9-11,13-14H,4-8H2,1-3H3,(H,23,24)/t11?,13-,14-/m1/s1. The van der Waals surface area contributed by atoms with Gasteiger partial charge in [-0.1, -0.05) is 6.92 Å². The van der Waals surface area contributed by atoms with Crippen molar-refractivity contribution in [1.29, 1.82) is 0 Å². The Kier molecular flexibility index (Phi) is 5.29. The Balaban J connectivity index is 1.63. The summed E-state index contributed by atoms with van der Waals surface area (Å²) in [5.41, 5.74) is 2.48. The molecule has 0 radical (unpaired) electrons. The van der Waals surface area contributed by atoms with Crippen LogP contribution in [0, 0.1) is 12.8 Å². The Bertz CT molecular complexity index is 747. The van der Waals surface area contributed by atoms with Crippen LogP contribution in [0.3, 0.4) is 0 Å². The molecule has 8 nitrogen and oxygen atoms in total. The van der Waals surface area contributed by atoms with Gasteiger partial charge in [0, 0.05) is 13.0 Å². The van der Waals surface area contributed by atoms with Crippen LogP contribution in [0.15, 0.2) is 12.7 Å². The topological polar surface area (TPSA) is 93.4 Å². The molecule has 0 spiro atoms. The average molecular weight is 347 g/mol. The van der Waals surface area contributed by atoms with Crippen LogP contribution in [-0.2, 0) is 9.53 Å². The van der Waals surface area contributed by atoms with E-state index in [1.807, 2.05) is 18.5 Å². The van der Waals surface area contributed by atoms with Gasteiger partial charge >= 0.3 is 5.97 Å². The number of aromatic nitrogens is 4. The van der Waals surface area contributed by atoms with E-state index in [0.717, 1.165) is 36.4 Å². The van der Waals surface area contributed by atoms with Crippen LogP contribution in [0.5, 0.6) is 0 Å². The number of likely N-dealkylation sites (N-methyl/N-ethyl adjacent to an activating group) is 1. The first kappa shape index (κ1) is 17.8. The second-order valence-corrected chi connectivity index (χ2v) is 6.88. The highest BCUT2D eigenvalue weighted by atomic mass is 16.5. The van der Waals surface area contributed by atoms with E-state index in [-0.39, 0.29) is 18.8 Å². The molecular formula is C17H25N5O3. The molecule has 0 saturated carbocycles.